The molecule has 0 saturated heterocycles. The quantitative estimate of drug-likeness (QED) is 0.135. The predicted molar refractivity (Wildman–Crippen MR) is 150 cm³/mol. The van der Waals surface area contributed by atoms with Crippen molar-refractivity contribution in [3.63, 3.8) is 0 Å². The Labute approximate surface area is 233 Å². The Kier molecular flexibility index (Phi) is 9.61. The number of hydrogen-bond donors (Lipinski definition) is 5. The molecule has 0 aliphatic heterocycles. The van der Waals surface area contributed by atoms with Crippen LogP contribution in [0.5, 0.6) is 5.75 Å². The number of carbonyl (C=O) groups is 1. The summed E-state index contributed by atoms with van der Waals surface area (Å²) in [5, 5.41) is 32.0. The number of ketones is 1. The van der Waals surface area contributed by atoms with Crippen molar-refractivity contribution in [1.82, 2.24) is 0 Å². The van der Waals surface area contributed by atoms with Gasteiger partial charge in [-0.1, -0.05) is 0 Å². The maximum Gasteiger partial charge on any atom is 0.265 e. The number of allylic oxidation sites excluding steroid dienone is 5. The van der Waals surface area contributed by atoms with Crippen molar-refractivity contribution in [3.05, 3.63) is 64.7 Å². The molecule has 0 saturated carbocycles. The van der Waals surface area contributed by atoms with Gasteiger partial charge in [-0.2, -0.15) is 16.8 Å². The van der Waals surface area contributed by atoms with Crippen LogP contribution in [0.2, 0.25) is 0 Å². The Bertz CT molecular complexity index is 1570. The van der Waals surface area contributed by atoms with E-state index in [1.54, 1.807) is 21.6 Å². The fourth-order valence-electron chi connectivity index (χ4n) is 4.57. The van der Waals surface area contributed by atoms with Crippen LogP contribution in [0.3, 0.4) is 0 Å². The summed E-state index contributed by atoms with van der Waals surface area (Å²) in [5.41, 5.74) is 1.07. The Morgan fingerprint density at radius 2 is 1.55 bits per heavy atom. The third-order valence-corrected chi connectivity index (χ3v) is 8.19. The van der Waals surface area contributed by atoms with Crippen LogP contribution in [-0.2, 0) is 25.0 Å². The van der Waals surface area contributed by atoms with Crippen molar-refractivity contribution >= 4 is 43.0 Å². The number of benzene rings is 1. The van der Waals surface area contributed by atoms with Gasteiger partial charge in [0.2, 0.25) is 11.5 Å². The van der Waals surface area contributed by atoms with Crippen molar-refractivity contribution < 1.29 is 50.6 Å². The van der Waals surface area contributed by atoms with Gasteiger partial charge in [0.25, 0.3) is 20.2 Å². The van der Waals surface area contributed by atoms with Crippen molar-refractivity contribution in [2.75, 3.05) is 42.6 Å². The molecule has 0 fully saturated rings. The van der Waals surface area contributed by atoms with Gasteiger partial charge in [0, 0.05) is 48.5 Å². The van der Waals surface area contributed by atoms with E-state index in [2.05, 4.69) is 0 Å². The van der Waals surface area contributed by atoms with E-state index in [9.17, 15) is 36.9 Å². The molecule has 1 aromatic rings. The van der Waals surface area contributed by atoms with E-state index in [1.807, 2.05) is 13.8 Å². The highest BCUT2D eigenvalue weighted by Crippen LogP contribution is 2.43. The number of phenols is 1. The highest BCUT2D eigenvalue weighted by atomic mass is 32.2. The smallest absolute Gasteiger partial charge is 0.265 e. The zero-order chi connectivity index (χ0) is 29.8. The summed E-state index contributed by atoms with van der Waals surface area (Å²) < 4.78 is 63.6. The number of carbonyl (C=O) groups excluding carboxylic acids is 1. The van der Waals surface area contributed by atoms with Crippen molar-refractivity contribution in [2.45, 2.75) is 26.7 Å². The lowest BCUT2D eigenvalue weighted by atomic mass is 9.79. The first-order valence-electron chi connectivity index (χ1n) is 12.6. The number of rotatable bonds is 12. The first-order valence-corrected chi connectivity index (χ1v) is 15.8. The fourth-order valence-corrected chi connectivity index (χ4v) is 5.56. The van der Waals surface area contributed by atoms with Gasteiger partial charge in [0.05, 0.1) is 28.7 Å². The molecule has 3 rings (SSSR count). The monoisotopic (exact) mass is 597 g/mol. The number of phenolic OH excluding ortho intramolecular Hbond substituents is 1. The number of hydrogen-bond acceptors (Lipinski definition) is 9. The topological polar surface area (TPSA) is 193 Å². The number of aromatic hydroxyl groups is 1. The van der Waals surface area contributed by atoms with Crippen LogP contribution in [0.15, 0.2) is 59.1 Å². The van der Waals surface area contributed by atoms with E-state index in [-0.39, 0.29) is 46.6 Å². The summed E-state index contributed by atoms with van der Waals surface area (Å²) in [7, 11) is -8.18. The summed E-state index contributed by atoms with van der Waals surface area (Å²) in [6, 6.07) is 4.47. The molecule has 2 aliphatic rings. The van der Waals surface area contributed by atoms with Crippen LogP contribution >= 0.6 is 0 Å². The molecule has 0 amide bonds. The van der Waals surface area contributed by atoms with Crippen LogP contribution in [-0.4, -0.2) is 95.0 Å². The Morgan fingerprint density at radius 3 is 2.08 bits per heavy atom. The van der Waals surface area contributed by atoms with Gasteiger partial charge in [-0.15, -0.1) is 0 Å². The van der Waals surface area contributed by atoms with Gasteiger partial charge in [0.1, 0.15) is 30.4 Å². The molecule has 0 atom stereocenters. The maximum atomic E-state index is 13.0. The molecule has 218 valence electrons. The minimum Gasteiger partial charge on any atom is -0.507 e. The second-order valence-corrected chi connectivity index (χ2v) is 12.4. The molecule has 12 nitrogen and oxygen atoms in total. The van der Waals surface area contributed by atoms with E-state index in [4.69, 9.17) is 9.11 Å². The Morgan fingerprint density at radius 1 is 0.900 bits per heavy atom. The summed E-state index contributed by atoms with van der Waals surface area (Å²) in [6.45, 7) is 5.23. The molecule has 0 unspecified atom stereocenters. The number of anilines is 1. The zero-order valence-electron chi connectivity index (χ0n) is 22.1. The average Bonchev–Trinajstić information content (AvgIpc) is 2.86. The number of aliphatic hydroxyl groups excluding tert-OH is 2. The third kappa shape index (κ3) is 7.38. The first-order chi connectivity index (χ1) is 18.7. The molecular weight excluding hydrogens is 564 g/mol. The normalized spacial score (nSPS) is 19.0. The standard InChI is InChI=1S/C26H32N2O10S2/c1-3-27(11-5-13-39(33,34)35)17-7-9-19(21(29)15-17)23-25(31)24(26(23)32)20-10-8-18(16-22(20)30)28(4-2)12-6-14-40(36,37)38/h7-10,15-16H,3-6,11-14H2,1-2H3,(H4,29,30,31,32,33,34,35,36,37,38)/p+1. The molecular formula is C26H33N2O10S2+. The summed E-state index contributed by atoms with van der Waals surface area (Å²) in [5.74, 6) is -2.33. The first kappa shape index (κ1) is 31.1. The minimum atomic E-state index is -4.09. The van der Waals surface area contributed by atoms with Gasteiger partial charge in [-0.05, 0) is 38.5 Å². The number of aliphatic hydroxyl groups is 2. The molecule has 0 heterocycles. The minimum absolute atomic E-state index is 0.0936. The number of nitrogens with zero attached hydrogens (tertiary/aromatic N) is 2. The molecule has 0 radical (unpaired) electrons. The van der Waals surface area contributed by atoms with Gasteiger partial charge in [-0.25, -0.2) is 4.58 Å². The largest absolute Gasteiger partial charge is 0.507 e. The van der Waals surface area contributed by atoms with Gasteiger partial charge >= 0.3 is 0 Å². The lowest BCUT2D eigenvalue weighted by Gasteiger charge is -2.26. The van der Waals surface area contributed by atoms with Crippen LogP contribution in [0.4, 0.5) is 5.69 Å². The van der Waals surface area contributed by atoms with Gasteiger partial charge < -0.3 is 20.2 Å². The Balaban J connectivity index is 1.84. The van der Waals surface area contributed by atoms with Crippen LogP contribution in [0.25, 0.3) is 5.57 Å². The van der Waals surface area contributed by atoms with Crippen LogP contribution in [0.1, 0.15) is 32.3 Å². The highest BCUT2D eigenvalue weighted by Gasteiger charge is 2.39. The second kappa shape index (κ2) is 12.4. The predicted octanol–water partition coefficient (Wildman–Crippen LogP) is 2.41. The SMILES string of the molecule is CCN(CCCS(=O)(=O)O)c1ccc(C2=C(O)C(=C3C=CC(=[N+](CC)CCCS(=O)(=O)O)C=C3O)C2=O)c(O)c1. The molecule has 1 aromatic carbocycles. The van der Waals surface area contributed by atoms with E-state index in [1.165, 1.54) is 24.3 Å². The Hall–Kier alpha value is -3.46. The highest BCUT2D eigenvalue weighted by molar-refractivity contribution is 7.86. The molecule has 5 N–H and O–H groups in total. The van der Waals surface area contributed by atoms with E-state index in [0.717, 1.165) is 0 Å². The van der Waals surface area contributed by atoms with E-state index >= 15 is 0 Å². The molecule has 0 aromatic heterocycles. The second-order valence-electron chi connectivity index (χ2n) is 9.27. The van der Waals surface area contributed by atoms with Crippen molar-refractivity contribution in [1.29, 1.82) is 0 Å². The lowest BCUT2D eigenvalue weighted by molar-refractivity contribution is -0.522. The summed E-state index contributed by atoms with van der Waals surface area (Å²) in [4.78, 5) is 14.8. The third-order valence-electron chi connectivity index (χ3n) is 6.58. The van der Waals surface area contributed by atoms with E-state index in [0.29, 0.717) is 37.6 Å². The number of Topliss-reactive ketones (excluding diaryl/α,β-unsaturated/α-hetero) is 1. The molecule has 40 heavy (non-hydrogen) atoms. The summed E-state index contributed by atoms with van der Waals surface area (Å²) in [6.07, 6.45) is 4.81. The van der Waals surface area contributed by atoms with E-state index < -0.39 is 43.3 Å². The average molecular weight is 598 g/mol. The fraction of sp³-hybridized carbons (Fsp3) is 0.385. The molecule has 0 spiro atoms. The summed E-state index contributed by atoms with van der Waals surface area (Å²) >= 11 is 0. The molecule has 14 heteroatoms. The van der Waals surface area contributed by atoms with Crippen molar-refractivity contribution in [3.8, 4) is 5.75 Å². The molecule has 2 aliphatic carbocycles. The molecule has 0 bridgehead atoms. The van der Waals surface area contributed by atoms with Gasteiger partial charge in [-0.3, -0.25) is 13.9 Å². The van der Waals surface area contributed by atoms with Crippen LogP contribution in [0, 0.1) is 0 Å². The van der Waals surface area contributed by atoms with Gasteiger partial charge in [0.15, 0.2) is 0 Å². The maximum absolute atomic E-state index is 13.0. The van der Waals surface area contributed by atoms with Crippen LogP contribution < -0.4 is 4.90 Å². The van der Waals surface area contributed by atoms with Crippen molar-refractivity contribution in [2.24, 2.45) is 0 Å². The lowest BCUT2D eigenvalue weighted by Crippen LogP contribution is -2.26. The zero-order valence-corrected chi connectivity index (χ0v) is 23.7.